The van der Waals surface area contributed by atoms with E-state index < -0.39 is 15.8 Å². The predicted octanol–water partition coefficient (Wildman–Crippen LogP) is 5.10. The number of aryl methyl sites for hydroxylation is 1. The van der Waals surface area contributed by atoms with Gasteiger partial charge < -0.3 is 9.84 Å². The molecule has 3 aromatic rings. The summed E-state index contributed by atoms with van der Waals surface area (Å²) in [6.07, 6.45) is 5.15. The van der Waals surface area contributed by atoms with Gasteiger partial charge in [0.25, 0.3) is 10.0 Å². The lowest BCUT2D eigenvalue weighted by molar-refractivity contribution is -0.117. The quantitative estimate of drug-likeness (QED) is 0.495. The monoisotopic (exact) mass is 475 g/mol. The summed E-state index contributed by atoms with van der Waals surface area (Å²) in [5, 5.41) is 6.70. The van der Waals surface area contributed by atoms with Gasteiger partial charge >= 0.3 is 0 Å². The largest absolute Gasteiger partial charge is 0.354 e. The van der Waals surface area contributed by atoms with E-state index in [2.05, 4.69) is 15.2 Å². The summed E-state index contributed by atoms with van der Waals surface area (Å²) in [7, 11) is -3.91. The third-order valence-corrected chi connectivity index (χ3v) is 6.57. The van der Waals surface area contributed by atoms with Gasteiger partial charge in [-0.2, -0.15) is 0 Å². The molecule has 0 radical (unpaired) electrons. The summed E-state index contributed by atoms with van der Waals surface area (Å²) in [5.41, 5.74) is 1.89. The van der Waals surface area contributed by atoms with Crippen LogP contribution in [0.2, 0.25) is 5.02 Å². The summed E-state index contributed by atoms with van der Waals surface area (Å²) in [4.78, 5) is 12.1. The number of hydrogen-bond acceptors (Lipinski definition) is 5. The van der Waals surface area contributed by atoms with Crippen LogP contribution in [-0.4, -0.2) is 19.5 Å². The highest BCUT2D eigenvalue weighted by Gasteiger charge is 2.30. The molecular weight excluding hydrogens is 457 g/mol. The van der Waals surface area contributed by atoms with Crippen LogP contribution in [0.15, 0.2) is 51.9 Å². The number of amides is 1. The predicted molar refractivity (Wildman–Crippen MR) is 120 cm³/mol. The molecule has 1 amide bonds. The molecule has 0 aliphatic heterocycles. The third-order valence-electron chi connectivity index (χ3n) is 4.88. The second-order valence-corrected chi connectivity index (χ2v) is 9.49. The van der Waals surface area contributed by atoms with Crippen molar-refractivity contribution in [3.8, 4) is 0 Å². The topological polar surface area (TPSA) is 101 Å². The minimum absolute atomic E-state index is 0.0166. The molecule has 10 heteroatoms. The molecule has 4 rings (SSSR count). The van der Waals surface area contributed by atoms with Crippen molar-refractivity contribution in [3.63, 3.8) is 0 Å². The molecule has 1 aromatic heterocycles. The fourth-order valence-corrected chi connectivity index (χ4v) is 4.28. The maximum atomic E-state index is 13.2. The summed E-state index contributed by atoms with van der Waals surface area (Å²) in [6, 6.07) is 9.49. The molecule has 2 N–H and O–H groups in total. The fourth-order valence-electron chi connectivity index (χ4n) is 2.93. The van der Waals surface area contributed by atoms with Crippen LogP contribution in [-0.2, 0) is 14.8 Å². The number of carbonyl (C=O) groups is 1. The van der Waals surface area contributed by atoms with Gasteiger partial charge in [0.1, 0.15) is 17.2 Å². The summed E-state index contributed by atoms with van der Waals surface area (Å²) in [5.74, 6) is -0.157. The zero-order valence-corrected chi connectivity index (χ0v) is 18.5. The molecule has 32 heavy (non-hydrogen) atoms. The number of benzene rings is 2. The molecule has 0 bridgehead atoms. The SMILES string of the molecule is Cc1noc(/C=C\c2ccc(S(=O)(=O)Nc3ccc(F)cc3Cl)cc2)c1NC(=O)C1CC1. The first-order chi connectivity index (χ1) is 15.2. The molecule has 1 fully saturated rings. The molecule has 166 valence electrons. The Morgan fingerprint density at radius 1 is 1.19 bits per heavy atom. The van der Waals surface area contributed by atoms with E-state index in [4.69, 9.17) is 16.1 Å². The van der Waals surface area contributed by atoms with Gasteiger partial charge in [0.05, 0.1) is 15.6 Å². The zero-order valence-electron chi connectivity index (χ0n) is 16.9. The van der Waals surface area contributed by atoms with Crippen LogP contribution in [0.5, 0.6) is 0 Å². The van der Waals surface area contributed by atoms with Crippen LogP contribution in [0.3, 0.4) is 0 Å². The number of rotatable bonds is 7. The van der Waals surface area contributed by atoms with Gasteiger partial charge in [0.15, 0.2) is 5.76 Å². The van der Waals surface area contributed by atoms with E-state index in [0.717, 1.165) is 25.0 Å². The minimum Gasteiger partial charge on any atom is -0.354 e. The Labute approximate surface area is 189 Å². The maximum Gasteiger partial charge on any atom is 0.261 e. The van der Waals surface area contributed by atoms with Crippen LogP contribution in [0.4, 0.5) is 15.8 Å². The molecule has 1 aliphatic carbocycles. The number of anilines is 2. The minimum atomic E-state index is -3.91. The van der Waals surface area contributed by atoms with Crippen molar-refractivity contribution in [1.29, 1.82) is 0 Å². The van der Waals surface area contributed by atoms with Crippen LogP contribution < -0.4 is 10.0 Å². The van der Waals surface area contributed by atoms with Crippen molar-refractivity contribution in [2.24, 2.45) is 5.92 Å². The van der Waals surface area contributed by atoms with E-state index in [1.807, 2.05) is 0 Å². The van der Waals surface area contributed by atoms with Crippen molar-refractivity contribution in [2.75, 3.05) is 10.0 Å². The first-order valence-electron chi connectivity index (χ1n) is 9.76. The van der Waals surface area contributed by atoms with Crippen LogP contribution in [0.1, 0.15) is 29.9 Å². The smallest absolute Gasteiger partial charge is 0.261 e. The van der Waals surface area contributed by atoms with E-state index in [1.54, 1.807) is 31.2 Å². The second-order valence-electron chi connectivity index (χ2n) is 7.40. The lowest BCUT2D eigenvalue weighted by Gasteiger charge is -2.10. The molecule has 1 heterocycles. The second kappa shape index (κ2) is 8.76. The molecule has 0 unspecified atom stereocenters. The Balaban J connectivity index is 1.48. The van der Waals surface area contributed by atoms with E-state index in [9.17, 15) is 17.6 Å². The molecule has 7 nitrogen and oxygen atoms in total. The van der Waals surface area contributed by atoms with E-state index in [0.29, 0.717) is 22.7 Å². The number of aromatic nitrogens is 1. The van der Waals surface area contributed by atoms with E-state index in [-0.39, 0.29) is 27.4 Å². The molecule has 1 saturated carbocycles. The van der Waals surface area contributed by atoms with Crippen molar-refractivity contribution in [2.45, 2.75) is 24.7 Å². The van der Waals surface area contributed by atoms with Gasteiger partial charge in [0, 0.05) is 5.92 Å². The average Bonchev–Trinajstić information content (AvgIpc) is 3.55. The molecular formula is C22H19ClFN3O4S. The maximum absolute atomic E-state index is 13.2. The van der Waals surface area contributed by atoms with Crippen LogP contribution >= 0.6 is 11.6 Å². The zero-order chi connectivity index (χ0) is 22.9. The lowest BCUT2D eigenvalue weighted by Crippen LogP contribution is -2.14. The lowest BCUT2D eigenvalue weighted by atomic mass is 10.2. The van der Waals surface area contributed by atoms with Gasteiger partial charge in [0.2, 0.25) is 5.91 Å². The molecule has 2 aromatic carbocycles. The fraction of sp³-hybridized carbons (Fsp3) is 0.182. The number of nitrogens with zero attached hydrogens (tertiary/aromatic N) is 1. The summed E-state index contributed by atoms with van der Waals surface area (Å²) in [6.45, 7) is 1.74. The van der Waals surface area contributed by atoms with Gasteiger partial charge in [-0.15, -0.1) is 0 Å². The Kier molecular flexibility index (Phi) is 6.03. The highest BCUT2D eigenvalue weighted by Crippen LogP contribution is 2.32. The number of nitrogens with one attached hydrogen (secondary N) is 2. The number of sulfonamides is 1. The number of halogens is 2. The van der Waals surface area contributed by atoms with Crippen LogP contribution in [0.25, 0.3) is 12.2 Å². The Hall–Kier alpha value is -3.17. The van der Waals surface area contributed by atoms with Gasteiger partial charge in [-0.05, 0) is 61.7 Å². The van der Waals surface area contributed by atoms with Crippen molar-refractivity contribution in [1.82, 2.24) is 5.16 Å². The molecule has 0 spiro atoms. The summed E-state index contributed by atoms with van der Waals surface area (Å²) >= 11 is 5.90. The molecule has 1 aliphatic rings. The first-order valence-corrected chi connectivity index (χ1v) is 11.6. The van der Waals surface area contributed by atoms with Crippen molar-refractivity contribution in [3.05, 3.63) is 70.3 Å². The van der Waals surface area contributed by atoms with Crippen molar-refractivity contribution < 1.29 is 22.1 Å². The molecule has 0 atom stereocenters. The number of hydrogen-bond donors (Lipinski definition) is 2. The first kappa shape index (κ1) is 22.0. The average molecular weight is 476 g/mol. The summed E-state index contributed by atoms with van der Waals surface area (Å²) < 4.78 is 46.0. The number of carbonyl (C=O) groups excluding carboxylic acids is 1. The van der Waals surface area contributed by atoms with E-state index >= 15 is 0 Å². The van der Waals surface area contributed by atoms with Crippen LogP contribution in [0, 0.1) is 18.7 Å². The normalized spacial score (nSPS) is 14.0. The third kappa shape index (κ3) is 5.00. The highest BCUT2D eigenvalue weighted by atomic mass is 35.5. The van der Waals surface area contributed by atoms with E-state index in [1.165, 1.54) is 18.2 Å². The Morgan fingerprint density at radius 3 is 2.56 bits per heavy atom. The van der Waals surface area contributed by atoms with Gasteiger partial charge in [-0.1, -0.05) is 35.0 Å². The van der Waals surface area contributed by atoms with Gasteiger partial charge in [-0.25, -0.2) is 12.8 Å². The molecule has 0 saturated heterocycles. The van der Waals surface area contributed by atoms with Gasteiger partial charge in [-0.3, -0.25) is 9.52 Å². The Morgan fingerprint density at radius 2 is 1.91 bits per heavy atom. The highest BCUT2D eigenvalue weighted by molar-refractivity contribution is 7.92. The van der Waals surface area contributed by atoms with Crippen molar-refractivity contribution >= 4 is 51.1 Å². The Bertz CT molecular complexity index is 1300. The standard InChI is InChI=1S/C22H19ClFN3O4S/c1-13-21(25-22(28)15-5-6-15)20(31-26-13)11-4-14-2-8-17(9-3-14)32(29,30)27-19-10-7-16(24)12-18(19)23/h2-4,7-12,15,27H,5-6H2,1H3,(H,25,28)/b11-4-.